The van der Waals surface area contributed by atoms with Gasteiger partial charge in [-0.3, -0.25) is 23.3 Å². The Kier molecular flexibility index (Phi) is 12.6. The molecular formula is C28H26F8N6O5S2. The van der Waals surface area contributed by atoms with Crippen LogP contribution in [0.1, 0.15) is 13.8 Å². The molecule has 0 aliphatic heterocycles. The fourth-order valence-electron chi connectivity index (χ4n) is 3.87. The molecule has 0 aliphatic carbocycles. The van der Waals surface area contributed by atoms with Gasteiger partial charge in [-0.05, 0) is 36.4 Å². The van der Waals surface area contributed by atoms with Crippen LogP contribution in [0.5, 0.6) is 0 Å². The Morgan fingerprint density at radius 1 is 0.755 bits per heavy atom. The first kappa shape index (κ1) is 39.0. The molecule has 0 fully saturated rings. The van der Waals surface area contributed by atoms with E-state index in [1.165, 1.54) is 37.5 Å². The molecule has 0 aliphatic rings. The van der Waals surface area contributed by atoms with Crippen molar-refractivity contribution in [3.05, 3.63) is 82.2 Å². The zero-order valence-electron chi connectivity index (χ0n) is 25.3. The van der Waals surface area contributed by atoms with Crippen LogP contribution in [0.25, 0.3) is 22.8 Å². The number of aromatic nitrogens is 6. The summed E-state index contributed by atoms with van der Waals surface area (Å²) in [6, 6.07) is 8.05. The molecule has 0 aromatic carbocycles. The van der Waals surface area contributed by atoms with Crippen molar-refractivity contribution in [3.63, 3.8) is 0 Å². The van der Waals surface area contributed by atoms with Gasteiger partial charge in [0.2, 0.25) is 0 Å². The van der Waals surface area contributed by atoms with Gasteiger partial charge in [0.15, 0.2) is 9.84 Å². The number of hydrogen-bond acceptors (Lipinski definition) is 9. The Bertz CT molecular complexity index is 2030. The third-order valence-corrected chi connectivity index (χ3v) is 9.50. The summed E-state index contributed by atoms with van der Waals surface area (Å²) in [4.78, 5) is 38.9. The number of pyridine rings is 2. The molecule has 0 N–H and O–H groups in total. The molecule has 0 radical (unpaired) electrons. The summed E-state index contributed by atoms with van der Waals surface area (Å²) >= 11 is 0. The van der Waals surface area contributed by atoms with E-state index in [1.54, 1.807) is 19.1 Å². The molecule has 1 atom stereocenters. The van der Waals surface area contributed by atoms with Crippen molar-refractivity contribution < 1.29 is 47.8 Å². The summed E-state index contributed by atoms with van der Waals surface area (Å²) in [5.41, 5.74) is -2.39. The first-order valence-electron chi connectivity index (χ1n) is 13.8. The summed E-state index contributed by atoms with van der Waals surface area (Å²) in [6.45, 7) is 0.0977. The van der Waals surface area contributed by atoms with Crippen LogP contribution in [0.15, 0.2) is 80.6 Å². The number of halogens is 8. The van der Waals surface area contributed by atoms with Gasteiger partial charge in [0.1, 0.15) is 11.4 Å². The SMILES string of the molecule is CCS(=O)(=O)c1cccnc1-c1ccn(CC(F)(F)C(F)F)c(=O)n1.CCS(=O)c1cccnc1-c1ccn(CC(F)(F)C(F)F)c(=O)n1. The average Bonchev–Trinajstić information content (AvgIpc) is 3.06. The van der Waals surface area contributed by atoms with Gasteiger partial charge in [0, 0.05) is 30.5 Å². The van der Waals surface area contributed by atoms with Gasteiger partial charge < -0.3 is 0 Å². The average molecular weight is 743 g/mol. The lowest BCUT2D eigenvalue weighted by molar-refractivity contribution is -0.138. The van der Waals surface area contributed by atoms with E-state index in [-0.39, 0.29) is 33.4 Å². The molecule has 0 amide bonds. The molecule has 4 heterocycles. The molecule has 11 nitrogen and oxygen atoms in total. The lowest BCUT2D eigenvalue weighted by Crippen LogP contribution is -2.37. The zero-order valence-corrected chi connectivity index (χ0v) is 27.0. The van der Waals surface area contributed by atoms with Crippen molar-refractivity contribution in [1.29, 1.82) is 0 Å². The van der Waals surface area contributed by atoms with Gasteiger partial charge in [0.25, 0.3) is 0 Å². The Balaban J connectivity index is 0.000000266. The van der Waals surface area contributed by atoms with E-state index >= 15 is 0 Å². The van der Waals surface area contributed by atoms with E-state index in [9.17, 15) is 57.3 Å². The van der Waals surface area contributed by atoms with Crippen LogP contribution in [0.3, 0.4) is 0 Å². The van der Waals surface area contributed by atoms with Gasteiger partial charge in [-0.1, -0.05) is 13.8 Å². The highest BCUT2D eigenvalue weighted by Crippen LogP contribution is 2.27. The standard InChI is InChI=1S/C14H13F4N3O3S.C14H13F4N3O2S/c1-2-25(23,24)10-4-3-6-19-11(10)9-5-7-21(13(22)20-9)8-14(17,18)12(15)16;1-2-24(23)10-4-3-6-19-11(10)9-5-7-21(13(22)20-9)8-14(17,18)12(15)16/h3-7,12H,2,8H2,1H3;3-7,12H,2,8H2,1H3. The van der Waals surface area contributed by atoms with E-state index in [2.05, 4.69) is 19.9 Å². The first-order valence-corrected chi connectivity index (χ1v) is 16.8. The molecule has 4 aromatic heterocycles. The van der Waals surface area contributed by atoms with Gasteiger partial charge in [0.05, 0.1) is 50.8 Å². The maximum atomic E-state index is 13.1. The van der Waals surface area contributed by atoms with Crippen molar-refractivity contribution in [2.75, 3.05) is 11.5 Å². The predicted molar refractivity (Wildman–Crippen MR) is 160 cm³/mol. The Hall–Kier alpha value is -4.40. The minimum absolute atomic E-state index is 0.0361. The van der Waals surface area contributed by atoms with Gasteiger partial charge >= 0.3 is 36.1 Å². The largest absolute Gasteiger partial charge is 0.348 e. The number of nitrogens with zero attached hydrogens (tertiary/aromatic N) is 6. The molecule has 0 saturated heterocycles. The highest BCUT2D eigenvalue weighted by molar-refractivity contribution is 7.91. The van der Waals surface area contributed by atoms with Crippen LogP contribution in [0.2, 0.25) is 0 Å². The van der Waals surface area contributed by atoms with E-state index < -0.39 is 69.8 Å². The molecule has 0 spiro atoms. The molecule has 266 valence electrons. The van der Waals surface area contributed by atoms with Crippen LogP contribution in [0, 0.1) is 0 Å². The molecular weight excluding hydrogens is 716 g/mol. The smallest absolute Gasteiger partial charge is 0.293 e. The summed E-state index contributed by atoms with van der Waals surface area (Å²) in [5, 5.41) is 0. The summed E-state index contributed by atoms with van der Waals surface area (Å²) in [5.74, 6) is -8.64. The summed E-state index contributed by atoms with van der Waals surface area (Å²) < 4.78 is 138. The normalized spacial score (nSPS) is 12.9. The fourth-order valence-corrected chi connectivity index (χ4v) is 5.83. The minimum atomic E-state index is -4.39. The maximum absolute atomic E-state index is 13.1. The first-order chi connectivity index (χ1) is 22.8. The van der Waals surface area contributed by atoms with Gasteiger partial charge in [-0.15, -0.1) is 0 Å². The molecule has 4 rings (SSSR count). The van der Waals surface area contributed by atoms with Crippen LogP contribution in [0.4, 0.5) is 35.1 Å². The lowest BCUT2D eigenvalue weighted by atomic mass is 10.2. The molecule has 21 heteroatoms. The second-order valence-corrected chi connectivity index (χ2v) is 13.8. The second-order valence-electron chi connectivity index (χ2n) is 9.81. The Morgan fingerprint density at radius 2 is 1.20 bits per heavy atom. The predicted octanol–water partition coefficient (Wildman–Crippen LogP) is 4.33. The third-order valence-electron chi connectivity index (χ3n) is 6.40. The van der Waals surface area contributed by atoms with Gasteiger partial charge in [-0.2, -0.15) is 27.5 Å². The number of sulfone groups is 1. The molecule has 4 aromatic rings. The topological polar surface area (TPSA) is 147 Å². The number of alkyl halides is 8. The van der Waals surface area contributed by atoms with Crippen LogP contribution in [-0.4, -0.2) is 77.9 Å². The molecule has 1 unspecified atom stereocenters. The maximum Gasteiger partial charge on any atom is 0.348 e. The number of rotatable bonds is 12. The third kappa shape index (κ3) is 9.61. The van der Waals surface area contributed by atoms with E-state index in [1.807, 2.05) is 0 Å². The summed E-state index contributed by atoms with van der Waals surface area (Å²) in [6.07, 6.45) is -3.35. The van der Waals surface area contributed by atoms with Crippen molar-refractivity contribution >= 4 is 20.6 Å². The van der Waals surface area contributed by atoms with Crippen molar-refractivity contribution in [2.24, 2.45) is 0 Å². The Labute approximate surface area is 275 Å². The Morgan fingerprint density at radius 3 is 1.63 bits per heavy atom. The highest BCUT2D eigenvalue weighted by Gasteiger charge is 2.42. The van der Waals surface area contributed by atoms with E-state index in [0.717, 1.165) is 18.5 Å². The minimum Gasteiger partial charge on any atom is -0.293 e. The van der Waals surface area contributed by atoms with Crippen LogP contribution < -0.4 is 11.4 Å². The van der Waals surface area contributed by atoms with Crippen molar-refractivity contribution in [1.82, 2.24) is 29.1 Å². The zero-order chi connectivity index (χ0) is 36.7. The quantitative estimate of drug-likeness (QED) is 0.194. The van der Waals surface area contributed by atoms with Crippen molar-refractivity contribution in [3.8, 4) is 22.8 Å². The second kappa shape index (κ2) is 15.9. The van der Waals surface area contributed by atoms with E-state index in [0.29, 0.717) is 19.8 Å². The molecule has 0 bridgehead atoms. The van der Waals surface area contributed by atoms with E-state index in [4.69, 9.17) is 0 Å². The number of hydrogen-bond donors (Lipinski definition) is 0. The van der Waals surface area contributed by atoms with Crippen molar-refractivity contribution in [2.45, 2.75) is 61.4 Å². The highest BCUT2D eigenvalue weighted by atomic mass is 32.2. The lowest BCUT2D eigenvalue weighted by Gasteiger charge is -2.16. The van der Waals surface area contributed by atoms with Gasteiger partial charge in [-0.25, -0.2) is 35.6 Å². The van der Waals surface area contributed by atoms with Crippen LogP contribution >= 0.6 is 0 Å². The monoisotopic (exact) mass is 742 g/mol. The molecule has 0 saturated carbocycles. The van der Waals surface area contributed by atoms with Crippen LogP contribution in [-0.2, 0) is 33.7 Å². The fraction of sp³-hybridized carbons (Fsp3) is 0.357. The summed E-state index contributed by atoms with van der Waals surface area (Å²) in [7, 11) is -5.04. The molecule has 49 heavy (non-hydrogen) atoms.